The summed E-state index contributed by atoms with van der Waals surface area (Å²) in [6.45, 7) is 7.41. The van der Waals surface area contributed by atoms with Crippen LogP contribution in [0, 0.1) is 11.8 Å². The number of carbonyl (C=O) groups is 1. The second-order valence-corrected chi connectivity index (χ2v) is 4.47. The van der Waals surface area contributed by atoms with E-state index in [2.05, 4.69) is 16.9 Å². The van der Waals surface area contributed by atoms with Crippen molar-refractivity contribution in [2.45, 2.75) is 52.6 Å². The molecule has 0 spiro atoms. The van der Waals surface area contributed by atoms with Gasteiger partial charge in [0.1, 0.15) is 6.10 Å². The molecule has 5 atom stereocenters. The van der Waals surface area contributed by atoms with Gasteiger partial charge in [-0.3, -0.25) is 4.79 Å². The first kappa shape index (κ1) is 13.8. The number of azide groups is 1. The van der Waals surface area contributed by atoms with E-state index in [1.807, 2.05) is 13.8 Å². The molecule has 6 heteroatoms. The second-order valence-electron chi connectivity index (χ2n) is 4.47. The zero-order chi connectivity index (χ0) is 13.0. The molecule has 0 aromatic carbocycles. The average Bonchev–Trinajstić information content (AvgIpc) is 2.28. The molecule has 0 aromatic rings. The molecule has 1 saturated heterocycles. The molecule has 1 fully saturated rings. The maximum atomic E-state index is 11.1. The van der Waals surface area contributed by atoms with Crippen molar-refractivity contribution in [3.05, 3.63) is 10.4 Å². The largest absolute Gasteiger partial charge is 0.459 e. The molecule has 1 aliphatic heterocycles. The molecule has 1 aliphatic rings. The molecule has 0 aliphatic carbocycles. The zero-order valence-electron chi connectivity index (χ0n) is 10.7. The minimum atomic E-state index is -0.722. The van der Waals surface area contributed by atoms with E-state index in [9.17, 15) is 4.79 Å². The van der Waals surface area contributed by atoms with Gasteiger partial charge in [0.25, 0.3) is 0 Å². The lowest BCUT2D eigenvalue weighted by atomic mass is 9.82. The maximum absolute atomic E-state index is 11.1. The molecule has 0 unspecified atom stereocenters. The summed E-state index contributed by atoms with van der Waals surface area (Å²) in [5.41, 5.74) is 8.52. The van der Waals surface area contributed by atoms with Crippen LogP contribution in [-0.2, 0) is 14.3 Å². The fourth-order valence-electron chi connectivity index (χ4n) is 2.25. The Bertz CT molecular complexity index is 328. The van der Waals surface area contributed by atoms with E-state index in [0.29, 0.717) is 0 Å². The standard InChI is InChI=1S/C11H19N3O3/c1-5-9-6(2)7(3)10(16-8(4)15)11(17-9)13-14-12/h6-7,9-11H,5H2,1-4H3/t6-,7-,9+,10-,11-/m0/s1. The SMILES string of the molecule is CC[C@H]1O[C@H](N=[N+]=[N-])[C@@H](OC(C)=O)[C@@H](C)[C@@H]1C. The molecule has 1 rings (SSSR count). The van der Waals surface area contributed by atoms with Crippen molar-refractivity contribution >= 4 is 5.97 Å². The summed E-state index contributed by atoms with van der Waals surface area (Å²) >= 11 is 0. The molecule has 1 heterocycles. The van der Waals surface area contributed by atoms with Gasteiger partial charge in [-0.15, -0.1) is 0 Å². The highest BCUT2D eigenvalue weighted by atomic mass is 16.6. The minimum Gasteiger partial charge on any atom is -0.459 e. The smallest absolute Gasteiger partial charge is 0.303 e. The Hall–Kier alpha value is -1.26. The molecule has 96 valence electrons. The van der Waals surface area contributed by atoms with Gasteiger partial charge in [-0.25, -0.2) is 0 Å². The van der Waals surface area contributed by atoms with Gasteiger partial charge in [0.2, 0.25) is 0 Å². The van der Waals surface area contributed by atoms with Gasteiger partial charge >= 0.3 is 5.97 Å². The molecule has 0 bridgehead atoms. The van der Waals surface area contributed by atoms with E-state index in [1.165, 1.54) is 6.92 Å². The quantitative estimate of drug-likeness (QED) is 0.329. The van der Waals surface area contributed by atoms with Crippen molar-refractivity contribution in [3.8, 4) is 0 Å². The number of carbonyl (C=O) groups excluding carboxylic acids is 1. The highest BCUT2D eigenvalue weighted by Crippen LogP contribution is 2.34. The number of ether oxygens (including phenoxy) is 2. The lowest BCUT2D eigenvalue weighted by Gasteiger charge is -2.42. The number of nitrogens with zero attached hydrogens (tertiary/aromatic N) is 3. The predicted octanol–water partition coefficient (Wildman–Crippen LogP) is 2.64. The third-order valence-electron chi connectivity index (χ3n) is 3.40. The van der Waals surface area contributed by atoms with Crippen LogP contribution in [0.1, 0.15) is 34.1 Å². The van der Waals surface area contributed by atoms with Crippen LogP contribution in [0.15, 0.2) is 5.11 Å². The predicted molar refractivity (Wildman–Crippen MR) is 62.0 cm³/mol. The molecule has 0 amide bonds. The highest BCUT2D eigenvalue weighted by Gasteiger charge is 2.42. The van der Waals surface area contributed by atoms with Crippen molar-refractivity contribution in [2.24, 2.45) is 17.0 Å². The summed E-state index contributed by atoms with van der Waals surface area (Å²) in [5.74, 6) is -0.0201. The molecular formula is C11H19N3O3. The first-order valence-corrected chi connectivity index (χ1v) is 5.88. The summed E-state index contributed by atoms with van der Waals surface area (Å²) in [4.78, 5) is 13.8. The van der Waals surface area contributed by atoms with Gasteiger partial charge in [-0.1, -0.05) is 25.9 Å². The van der Waals surface area contributed by atoms with Crippen LogP contribution in [-0.4, -0.2) is 24.4 Å². The minimum absolute atomic E-state index is 0.0345. The van der Waals surface area contributed by atoms with E-state index in [4.69, 9.17) is 15.0 Å². The van der Waals surface area contributed by atoms with Crippen LogP contribution in [0.2, 0.25) is 0 Å². The summed E-state index contributed by atoms with van der Waals surface area (Å²) in [6, 6.07) is 0. The Morgan fingerprint density at radius 1 is 1.47 bits per heavy atom. The zero-order valence-corrected chi connectivity index (χ0v) is 10.7. The van der Waals surface area contributed by atoms with Gasteiger partial charge in [0.05, 0.1) is 6.10 Å². The normalized spacial score (nSPS) is 37.1. The van der Waals surface area contributed by atoms with Crippen LogP contribution in [0.25, 0.3) is 10.4 Å². The molecule has 17 heavy (non-hydrogen) atoms. The highest BCUT2D eigenvalue weighted by molar-refractivity contribution is 5.66. The topological polar surface area (TPSA) is 84.3 Å². The maximum Gasteiger partial charge on any atom is 0.303 e. The fourth-order valence-corrected chi connectivity index (χ4v) is 2.25. The van der Waals surface area contributed by atoms with Crippen molar-refractivity contribution in [2.75, 3.05) is 0 Å². The van der Waals surface area contributed by atoms with Crippen LogP contribution in [0.3, 0.4) is 0 Å². The summed E-state index contributed by atoms with van der Waals surface area (Å²) < 4.78 is 10.9. The van der Waals surface area contributed by atoms with Gasteiger partial charge in [0, 0.05) is 17.8 Å². The summed E-state index contributed by atoms with van der Waals surface area (Å²) in [6.07, 6.45) is -0.344. The van der Waals surface area contributed by atoms with Gasteiger partial charge in [0.15, 0.2) is 6.23 Å². The Morgan fingerprint density at radius 2 is 2.12 bits per heavy atom. The Labute approximate surface area is 101 Å². The average molecular weight is 241 g/mol. The summed E-state index contributed by atoms with van der Waals surface area (Å²) in [7, 11) is 0. The third-order valence-corrected chi connectivity index (χ3v) is 3.40. The van der Waals surface area contributed by atoms with Crippen molar-refractivity contribution in [3.63, 3.8) is 0 Å². The van der Waals surface area contributed by atoms with E-state index in [-0.39, 0.29) is 23.9 Å². The van der Waals surface area contributed by atoms with Crippen LogP contribution in [0.4, 0.5) is 0 Å². The molecule has 0 N–H and O–H groups in total. The number of rotatable bonds is 3. The third kappa shape index (κ3) is 3.11. The number of hydrogen-bond acceptors (Lipinski definition) is 4. The van der Waals surface area contributed by atoms with E-state index < -0.39 is 12.3 Å². The molecule has 0 aromatic heterocycles. The Kier molecular flexibility index (Phi) is 4.78. The number of hydrogen-bond donors (Lipinski definition) is 0. The molecule has 0 radical (unpaired) electrons. The van der Waals surface area contributed by atoms with Crippen LogP contribution in [0.5, 0.6) is 0 Å². The monoisotopic (exact) mass is 241 g/mol. The lowest BCUT2D eigenvalue weighted by Crippen LogP contribution is -2.49. The van der Waals surface area contributed by atoms with Crippen molar-refractivity contribution < 1.29 is 14.3 Å². The first-order chi connectivity index (χ1) is 8.01. The number of esters is 1. The lowest BCUT2D eigenvalue weighted by molar-refractivity contribution is -0.193. The van der Waals surface area contributed by atoms with Crippen molar-refractivity contribution in [1.82, 2.24) is 0 Å². The molecular weight excluding hydrogens is 222 g/mol. The first-order valence-electron chi connectivity index (χ1n) is 5.88. The second kappa shape index (κ2) is 5.89. The van der Waals surface area contributed by atoms with Gasteiger partial charge in [-0.05, 0) is 17.9 Å². The fraction of sp³-hybridized carbons (Fsp3) is 0.909. The Balaban J connectivity index is 2.90. The van der Waals surface area contributed by atoms with Gasteiger partial charge < -0.3 is 9.47 Å². The van der Waals surface area contributed by atoms with E-state index >= 15 is 0 Å². The van der Waals surface area contributed by atoms with Gasteiger partial charge in [-0.2, -0.15) is 0 Å². The van der Waals surface area contributed by atoms with E-state index in [1.54, 1.807) is 0 Å². The van der Waals surface area contributed by atoms with E-state index in [0.717, 1.165) is 6.42 Å². The summed E-state index contributed by atoms with van der Waals surface area (Å²) in [5, 5.41) is 3.58. The Morgan fingerprint density at radius 3 is 2.59 bits per heavy atom. The van der Waals surface area contributed by atoms with Crippen molar-refractivity contribution in [1.29, 1.82) is 0 Å². The molecule has 0 saturated carbocycles. The van der Waals surface area contributed by atoms with Crippen LogP contribution >= 0.6 is 0 Å². The van der Waals surface area contributed by atoms with Crippen LogP contribution < -0.4 is 0 Å². The molecule has 6 nitrogen and oxygen atoms in total.